The van der Waals surface area contributed by atoms with E-state index in [4.69, 9.17) is 10.7 Å². The predicted octanol–water partition coefficient (Wildman–Crippen LogP) is 2.72. The number of nitrogens with zero attached hydrogens (tertiary/aromatic N) is 2. The third-order valence-corrected chi connectivity index (χ3v) is 4.51. The van der Waals surface area contributed by atoms with Crippen LogP contribution in [0.5, 0.6) is 0 Å². The third-order valence-electron chi connectivity index (χ3n) is 3.36. The Morgan fingerprint density at radius 2 is 2.12 bits per heavy atom. The quantitative estimate of drug-likeness (QED) is 0.878. The largest absolute Gasteiger partial charge is 0.348 e. The molecule has 2 N–H and O–H groups in total. The molecule has 1 atom stereocenters. The van der Waals surface area contributed by atoms with Gasteiger partial charge in [0.15, 0.2) is 5.13 Å². The van der Waals surface area contributed by atoms with Gasteiger partial charge in [0.2, 0.25) is 0 Å². The maximum Gasteiger partial charge on any atom is 0.185 e. The molecule has 1 unspecified atom stereocenters. The minimum Gasteiger partial charge on any atom is -0.348 e. The number of hydrogen-bond donors (Lipinski definition) is 1. The van der Waals surface area contributed by atoms with Crippen molar-refractivity contribution in [1.82, 2.24) is 4.98 Å². The smallest absolute Gasteiger partial charge is 0.185 e. The van der Waals surface area contributed by atoms with Crippen molar-refractivity contribution < 1.29 is 0 Å². The summed E-state index contributed by atoms with van der Waals surface area (Å²) in [4.78, 5) is 8.47. The Morgan fingerprint density at radius 3 is 2.69 bits per heavy atom. The summed E-state index contributed by atoms with van der Waals surface area (Å²) in [5.74, 6) is 0.533. The van der Waals surface area contributed by atoms with Gasteiger partial charge in [-0.25, -0.2) is 4.98 Å². The summed E-state index contributed by atoms with van der Waals surface area (Å²) >= 11 is 1.79. The van der Waals surface area contributed by atoms with E-state index in [9.17, 15) is 0 Å². The Morgan fingerprint density at radius 1 is 1.44 bits per heavy atom. The van der Waals surface area contributed by atoms with Gasteiger partial charge in [-0.1, -0.05) is 13.8 Å². The van der Waals surface area contributed by atoms with Gasteiger partial charge in [0.25, 0.3) is 0 Å². The normalized spacial score (nSPS) is 18.1. The molecule has 0 aromatic carbocycles. The second kappa shape index (κ2) is 5.15. The molecule has 0 spiro atoms. The fraction of sp³-hybridized carbons (Fsp3) is 0.750. The zero-order chi connectivity index (χ0) is 11.5. The second-order valence-corrected chi connectivity index (χ2v) is 5.57. The molecule has 0 amide bonds. The van der Waals surface area contributed by atoms with Crippen molar-refractivity contribution in [2.24, 2.45) is 5.73 Å². The fourth-order valence-corrected chi connectivity index (χ4v) is 3.23. The van der Waals surface area contributed by atoms with Gasteiger partial charge in [0, 0.05) is 24.5 Å². The monoisotopic (exact) mass is 239 g/mol. The minimum atomic E-state index is 0.533. The number of thiazole rings is 1. The first-order chi connectivity index (χ1) is 7.76. The van der Waals surface area contributed by atoms with Crippen LogP contribution in [0, 0.1) is 0 Å². The average Bonchev–Trinajstić information content (AvgIpc) is 2.95. The molecule has 16 heavy (non-hydrogen) atoms. The Bertz CT molecular complexity index is 342. The second-order valence-electron chi connectivity index (χ2n) is 4.51. The van der Waals surface area contributed by atoms with E-state index >= 15 is 0 Å². The Hall–Kier alpha value is -0.610. The van der Waals surface area contributed by atoms with Crippen LogP contribution in [0.15, 0.2) is 0 Å². The lowest BCUT2D eigenvalue weighted by molar-refractivity contribution is 0.702. The minimum absolute atomic E-state index is 0.533. The molecular formula is C12H21N3S. The Balaban J connectivity index is 2.24. The van der Waals surface area contributed by atoms with Gasteiger partial charge in [0.05, 0.1) is 5.69 Å². The van der Waals surface area contributed by atoms with Crippen LogP contribution >= 0.6 is 11.3 Å². The van der Waals surface area contributed by atoms with Crippen LogP contribution in [0.4, 0.5) is 5.13 Å². The lowest BCUT2D eigenvalue weighted by Gasteiger charge is -2.12. The van der Waals surface area contributed by atoms with Crippen LogP contribution in [-0.4, -0.2) is 18.1 Å². The van der Waals surface area contributed by atoms with Gasteiger partial charge < -0.3 is 10.6 Å². The average molecular weight is 239 g/mol. The zero-order valence-corrected chi connectivity index (χ0v) is 11.0. The maximum atomic E-state index is 5.81. The Labute approximate surface area is 102 Å². The number of aromatic nitrogens is 1. The molecule has 2 heterocycles. The summed E-state index contributed by atoms with van der Waals surface area (Å²) in [5, 5.41) is 1.19. The van der Waals surface area contributed by atoms with Crippen molar-refractivity contribution in [3.05, 3.63) is 10.6 Å². The summed E-state index contributed by atoms with van der Waals surface area (Å²) in [6.45, 7) is 7.40. The van der Waals surface area contributed by atoms with Crippen molar-refractivity contribution in [1.29, 1.82) is 0 Å². The number of anilines is 1. The highest BCUT2D eigenvalue weighted by Gasteiger charge is 2.20. The number of rotatable bonds is 4. The first-order valence-corrected chi connectivity index (χ1v) is 7.02. The molecular weight excluding hydrogens is 218 g/mol. The van der Waals surface area contributed by atoms with Crippen LogP contribution in [0.2, 0.25) is 0 Å². The van der Waals surface area contributed by atoms with E-state index in [1.807, 2.05) is 0 Å². The summed E-state index contributed by atoms with van der Waals surface area (Å²) in [6.07, 6.45) is 3.74. The first kappa shape index (κ1) is 11.9. The van der Waals surface area contributed by atoms with Crippen LogP contribution < -0.4 is 10.6 Å². The molecule has 90 valence electrons. The molecule has 1 aromatic rings. The Kier molecular flexibility index (Phi) is 3.82. The SMILES string of the molecule is CCC(C)c1nc(N2CCCC2)sc1CN. The third kappa shape index (κ3) is 2.23. The van der Waals surface area contributed by atoms with Gasteiger partial charge in [-0.3, -0.25) is 0 Å². The summed E-state index contributed by atoms with van der Waals surface area (Å²) in [5.41, 5.74) is 7.04. The topological polar surface area (TPSA) is 42.2 Å². The maximum absolute atomic E-state index is 5.81. The van der Waals surface area contributed by atoms with Crippen molar-refractivity contribution in [3.8, 4) is 0 Å². The van der Waals surface area contributed by atoms with E-state index in [1.54, 1.807) is 11.3 Å². The highest BCUT2D eigenvalue weighted by molar-refractivity contribution is 7.15. The molecule has 0 bridgehead atoms. The highest BCUT2D eigenvalue weighted by Crippen LogP contribution is 2.33. The van der Waals surface area contributed by atoms with E-state index in [-0.39, 0.29) is 0 Å². The van der Waals surface area contributed by atoms with Gasteiger partial charge in [0.1, 0.15) is 0 Å². The van der Waals surface area contributed by atoms with Crippen LogP contribution in [0.3, 0.4) is 0 Å². The summed E-state index contributed by atoms with van der Waals surface area (Å²) in [6, 6.07) is 0. The van der Waals surface area contributed by atoms with E-state index in [2.05, 4.69) is 18.7 Å². The van der Waals surface area contributed by atoms with E-state index < -0.39 is 0 Å². The van der Waals surface area contributed by atoms with E-state index in [1.165, 1.54) is 28.5 Å². The molecule has 1 fully saturated rings. The van der Waals surface area contributed by atoms with Crippen molar-refractivity contribution in [3.63, 3.8) is 0 Å². The molecule has 0 aliphatic carbocycles. The van der Waals surface area contributed by atoms with Crippen LogP contribution in [-0.2, 0) is 6.54 Å². The lowest BCUT2D eigenvalue weighted by Crippen LogP contribution is -2.17. The first-order valence-electron chi connectivity index (χ1n) is 6.20. The molecule has 0 radical (unpaired) electrons. The summed E-state index contributed by atoms with van der Waals surface area (Å²) in [7, 11) is 0. The van der Waals surface area contributed by atoms with Crippen molar-refractivity contribution >= 4 is 16.5 Å². The fourth-order valence-electron chi connectivity index (χ4n) is 2.12. The number of hydrogen-bond acceptors (Lipinski definition) is 4. The molecule has 1 saturated heterocycles. The highest BCUT2D eigenvalue weighted by atomic mass is 32.1. The standard InChI is InChI=1S/C12H21N3S/c1-3-9(2)11-10(8-13)16-12(14-11)15-6-4-5-7-15/h9H,3-8,13H2,1-2H3. The molecule has 1 aromatic heterocycles. The molecule has 1 aliphatic rings. The van der Waals surface area contributed by atoms with Crippen LogP contribution in [0.25, 0.3) is 0 Å². The predicted molar refractivity (Wildman–Crippen MR) is 70.2 cm³/mol. The molecule has 0 saturated carbocycles. The molecule has 3 nitrogen and oxygen atoms in total. The van der Waals surface area contributed by atoms with E-state index in [0.717, 1.165) is 19.5 Å². The lowest BCUT2D eigenvalue weighted by atomic mass is 10.0. The van der Waals surface area contributed by atoms with Gasteiger partial charge >= 0.3 is 0 Å². The number of nitrogens with two attached hydrogens (primary N) is 1. The van der Waals surface area contributed by atoms with Gasteiger partial charge in [-0.2, -0.15) is 0 Å². The van der Waals surface area contributed by atoms with Gasteiger partial charge in [-0.05, 0) is 25.2 Å². The summed E-state index contributed by atoms with van der Waals surface area (Å²) < 4.78 is 0. The van der Waals surface area contributed by atoms with Crippen molar-refractivity contribution in [2.45, 2.75) is 45.6 Å². The molecule has 2 rings (SSSR count). The molecule has 4 heteroatoms. The van der Waals surface area contributed by atoms with Crippen molar-refractivity contribution in [2.75, 3.05) is 18.0 Å². The zero-order valence-electron chi connectivity index (χ0n) is 10.2. The molecule has 1 aliphatic heterocycles. The van der Waals surface area contributed by atoms with Crippen LogP contribution in [0.1, 0.15) is 49.6 Å². The van der Waals surface area contributed by atoms with E-state index in [0.29, 0.717) is 12.5 Å². The van der Waals surface area contributed by atoms with Gasteiger partial charge in [-0.15, -0.1) is 11.3 Å².